The van der Waals surface area contributed by atoms with E-state index in [0.29, 0.717) is 0 Å². The van der Waals surface area contributed by atoms with Gasteiger partial charge < -0.3 is 15.3 Å². The molecule has 0 amide bonds. The van der Waals surface area contributed by atoms with E-state index < -0.39 is 17.9 Å². The summed E-state index contributed by atoms with van der Waals surface area (Å²) < 4.78 is 0. The Kier molecular flexibility index (Phi) is 31.8. The molecule has 0 aliphatic carbocycles. The molecule has 0 atom stereocenters. The first-order valence-electron chi connectivity index (χ1n) is 2.78. The molecular formula is C6H14BaO6. The third-order valence-electron chi connectivity index (χ3n) is 0. The van der Waals surface area contributed by atoms with E-state index in [1.165, 1.54) is 0 Å². The molecule has 0 bridgehead atoms. The van der Waals surface area contributed by atoms with Crippen molar-refractivity contribution in [1.82, 2.24) is 0 Å². The summed E-state index contributed by atoms with van der Waals surface area (Å²) >= 11 is 0. The van der Waals surface area contributed by atoms with Gasteiger partial charge in [-0.05, 0) is 0 Å². The molecule has 0 saturated carbocycles. The Morgan fingerprint density at radius 3 is 0.692 bits per heavy atom. The normalized spacial score (nSPS) is 5.77. The first-order chi connectivity index (χ1) is 5.20. The van der Waals surface area contributed by atoms with Crippen LogP contribution >= 0.6 is 0 Å². The summed E-state index contributed by atoms with van der Waals surface area (Å²) in [4.78, 5) is 27.0. The second kappa shape index (κ2) is 17.9. The molecule has 0 aromatic heterocycles. The predicted octanol–water partition coefficient (Wildman–Crippen LogP) is -0.644. The Morgan fingerprint density at radius 2 is 0.692 bits per heavy atom. The zero-order valence-corrected chi connectivity index (χ0v) is 7.07. The number of hydrogen-bond donors (Lipinski definition) is 3. The van der Waals surface area contributed by atoms with Crippen LogP contribution in [0.1, 0.15) is 20.8 Å². The number of aliphatic carboxylic acids is 3. The summed E-state index contributed by atoms with van der Waals surface area (Å²) in [7, 11) is 0. The molecule has 0 aromatic carbocycles. The zero-order valence-electron chi connectivity index (χ0n) is 7.07. The van der Waals surface area contributed by atoms with Gasteiger partial charge in [0, 0.05) is 20.8 Å². The Labute approximate surface area is 116 Å². The molecule has 0 spiro atoms. The van der Waals surface area contributed by atoms with Crippen LogP contribution in [0.5, 0.6) is 0 Å². The number of rotatable bonds is 0. The standard InChI is InChI=1S/3C2H4O2.Ba.2H/c3*1-2(3)4;;;/h3*1H3,(H,3,4);;;. The molecule has 13 heavy (non-hydrogen) atoms. The van der Waals surface area contributed by atoms with Crippen LogP contribution in [-0.2, 0) is 14.4 Å². The number of carboxylic acid groups (broad SMARTS) is 3. The molecule has 7 heteroatoms. The zero-order chi connectivity index (χ0) is 10.7. The van der Waals surface area contributed by atoms with Gasteiger partial charge in [-0.3, -0.25) is 14.4 Å². The van der Waals surface area contributed by atoms with Gasteiger partial charge in [0.25, 0.3) is 17.9 Å². The maximum absolute atomic E-state index is 9.00. The first-order valence-corrected chi connectivity index (χ1v) is 2.78. The molecule has 76 valence electrons. The van der Waals surface area contributed by atoms with Crippen LogP contribution in [0.2, 0.25) is 0 Å². The van der Waals surface area contributed by atoms with Crippen LogP contribution in [0.3, 0.4) is 0 Å². The van der Waals surface area contributed by atoms with Gasteiger partial charge in [0.05, 0.1) is 0 Å². The molecule has 0 aromatic rings. The molecule has 0 rings (SSSR count). The molecule has 0 fully saturated rings. The van der Waals surface area contributed by atoms with Gasteiger partial charge >= 0.3 is 48.9 Å². The summed E-state index contributed by atoms with van der Waals surface area (Å²) in [6.45, 7) is 3.25. The predicted molar refractivity (Wildman–Crippen MR) is 48.5 cm³/mol. The molecule has 0 heterocycles. The average molecular weight is 320 g/mol. The van der Waals surface area contributed by atoms with Crippen LogP contribution in [0.15, 0.2) is 0 Å². The van der Waals surface area contributed by atoms with Crippen molar-refractivity contribution in [3.05, 3.63) is 0 Å². The van der Waals surface area contributed by atoms with Crippen molar-refractivity contribution < 1.29 is 29.7 Å². The molecule has 0 aliphatic rings. The fraction of sp³-hybridized carbons (Fsp3) is 0.500. The van der Waals surface area contributed by atoms with E-state index in [2.05, 4.69) is 0 Å². The van der Waals surface area contributed by atoms with Gasteiger partial charge in [0.1, 0.15) is 0 Å². The van der Waals surface area contributed by atoms with E-state index in [9.17, 15) is 0 Å². The summed E-state index contributed by atoms with van der Waals surface area (Å²) in [6.07, 6.45) is 0. The van der Waals surface area contributed by atoms with Crippen molar-refractivity contribution in [2.75, 3.05) is 0 Å². The van der Waals surface area contributed by atoms with E-state index in [4.69, 9.17) is 29.7 Å². The average Bonchev–Trinajstić information content (AvgIpc) is 1.54. The van der Waals surface area contributed by atoms with E-state index in [0.717, 1.165) is 20.8 Å². The van der Waals surface area contributed by atoms with Gasteiger partial charge in [0.15, 0.2) is 0 Å². The van der Waals surface area contributed by atoms with Gasteiger partial charge in [-0.2, -0.15) is 0 Å². The van der Waals surface area contributed by atoms with Crippen LogP contribution < -0.4 is 0 Å². The molecule has 0 unspecified atom stereocenters. The third-order valence-corrected chi connectivity index (χ3v) is 0. The third kappa shape index (κ3) is 3460000. The quantitative estimate of drug-likeness (QED) is 0.512. The van der Waals surface area contributed by atoms with E-state index in [1.807, 2.05) is 0 Å². The van der Waals surface area contributed by atoms with Crippen molar-refractivity contribution in [2.45, 2.75) is 20.8 Å². The van der Waals surface area contributed by atoms with Crippen LogP contribution in [0.4, 0.5) is 0 Å². The van der Waals surface area contributed by atoms with E-state index >= 15 is 0 Å². The van der Waals surface area contributed by atoms with Gasteiger partial charge in [-0.1, -0.05) is 0 Å². The van der Waals surface area contributed by atoms with Crippen molar-refractivity contribution in [3.63, 3.8) is 0 Å². The van der Waals surface area contributed by atoms with Crippen molar-refractivity contribution in [1.29, 1.82) is 0 Å². The summed E-state index contributed by atoms with van der Waals surface area (Å²) in [5.74, 6) is -2.50. The number of carbonyl (C=O) groups is 3. The topological polar surface area (TPSA) is 112 Å². The fourth-order valence-corrected chi connectivity index (χ4v) is 0. The van der Waals surface area contributed by atoms with Crippen LogP contribution in [-0.4, -0.2) is 82.1 Å². The van der Waals surface area contributed by atoms with Crippen molar-refractivity contribution in [3.8, 4) is 0 Å². The maximum atomic E-state index is 9.00. The Bertz CT molecular complexity index is 115. The second-order valence-corrected chi connectivity index (χ2v) is 1.56. The SMILES string of the molecule is CC(=O)O.CC(=O)O.CC(=O)O.[BaH2]. The summed E-state index contributed by atoms with van der Waals surface area (Å²) in [6, 6.07) is 0. The van der Waals surface area contributed by atoms with E-state index in [1.54, 1.807) is 0 Å². The molecule has 0 aliphatic heterocycles. The number of hydrogen-bond acceptors (Lipinski definition) is 3. The minimum absolute atomic E-state index is 0. The van der Waals surface area contributed by atoms with Gasteiger partial charge in [-0.15, -0.1) is 0 Å². The van der Waals surface area contributed by atoms with Gasteiger partial charge in [-0.25, -0.2) is 0 Å². The minimum atomic E-state index is -0.833. The number of carboxylic acids is 3. The van der Waals surface area contributed by atoms with Gasteiger partial charge in [0.2, 0.25) is 0 Å². The monoisotopic (exact) mass is 320 g/mol. The Hall–Kier alpha value is -0.0186. The first kappa shape index (κ1) is 23.1. The molecule has 0 saturated heterocycles. The molecular weight excluding hydrogens is 305 g/mol. The van der Waals surface area contributed by atoms with Crippen molar-refractivity contribution in [2.24, 2.45) is 0 Å². The van der Waals surface area contributed by atoms with Crippen LogP contribution in [0, 0.1) is 0 Å². The van der Waals surface area contributed by atoms with Crippen LogP contribution in [0.25, 0.3) is 0 Å². The molecule has 0 radical (unpaired) electrons. The molecule has 6 nitrogen and oxygen atoms in total. The summed E-state index contributed by atoms with van der Waals surface area (Å²) in [5.41, 5.74) is 0. The Morgan fingerprint density at radius 1 is 0.692 bits per heavy atom. The second-order valence-electron chi connectivity index (χ2n) is 1.56. The van der Waals surface area contributed by atoms with Crippen molar-refractivity contribution >= 4 is 66.8 Å². The van der Waals surface area contributed by atoms with E-state index in [-0.39, 0.29) is 48.9 Å². The fourth-order valence-electron chi connectivity index (χ4n) is 0. The Balaban J connectivity index is -0.0000000450. The summed E-state index contributed by atoms with van der Waals surface area (Å²) in [5, 5.41) is 22.2. The molecule has 3 N–H and O–H groups in total.